The fourth-order valence-electron chi connectivity index (χ4n) is 2.05. The molecule has 0 aliphatic rings. The van der Waals surface area contributed by atoms with E-state index in [-0.39, 0.29) is 31.9 Å². The number of aliphatic hydroxyl groups excluding tert-OH is 1. The van der Waals surface area contributed by atoms with Gasteiger partial charge in [-0.05, 0) is 11.6 Å². The zero-order valence-electron chi connectivity index (χ0n) is 14.4. The maximum Gasteiger partial charge on any atom is 0.356 e. The molecule has 3 N–H and O–H groups in total. The van der Waals surface area contributed by atoms with Gasteiger partial charge in [-0.1, -0.05) is 30.3 Å². The molecule has 0 spiro atoms. The fraction of sp³-hybridized carbons (Fsp3) is 0.375. The van der Waals surface area contributed by atoms with Crippen molar-refractivity contribution in [2.75, 3.05) is 25.8 Å². The summed E-state index contributed by atoms with van der Waals surface area (Å²) in [5.74, 6) is 0.103. The lowest BCUT2D eigenvalue weighted by Gasteiger charge is -2.21. The quantitative estimate of drug-likeness (QED) is 0.587. The van der Waals surface area contributed by atoms with Crippen molar-refractivity contribution in [1.82, 2.24) is 9.55 Å². The topological polar surface area (TPSA) is 126 Å². The first-order valence-corrected chi connectivity index (χ1v) is 9.57. The average Bonchev–Trinajstić information content (AvgIpc) is 2.66. The predicted molar refractivity (Wildman–Crippen MR) is 95.6 cm³/mol. The molecule has 10 heteroatoms. The van der Waals surface area contributed by atoms with E-state index in [1.54, 1.807) is 0 Å². The van der Waals surface area contributed by atoms with Gasteiger partial charge in [0, 0.05) is 13.3 Å². The number of hydrogen-bond donors (Lipinski definition) is 2. The molecule has 0 aliphatic heterocycles. The SMILES string of the molecule is COP(=O)(COC(CO)Cn1ccc(N)nc1=O)OCc1ccccc1. The number of ether oxygens (including phenoxy) is 1. The van der Waals surface area contributed by atoms with E-state index in [1.165, 1.54) is 23.9 Å². The molecule has 2 aromatic rings. The van der Waals surface area contributed by atoms with Crippen LogP contribution in [0.25, 0.3) is 0 Å². The van der Waals surface area contributed by atoms with Gasteiger partial charge in [0.05, 0.1) is 25.9 Å². The van der Waals surface area contributed by atoms with E-state index >= 15 is 0 Å². The number of nitrogens with two attached hydrogens (primary N) is 1. The molecule has 0 radical (unpaired) electrons. The lowest BCUT2D eigenvalue weighted by Crippen LogP contribution is -2.32. The molecule has 26 heavy (non-hydrogen) atoms. The zero-order chi connectivity index (χ0) is 19.0. The summed E-state index contributed by atoms with van der Waals surface area (Å²) in [4.78, 5) is 15.3. The van der Waals surface area contributed by atoms with Gasteiger partial charge in [0.1, 0.15) is 12.2 Å². The molecule has 0 saturated carbocycles. The zero-order valence-corrected chi connectivity index (χ0v) is 15.2. The van der Waals surface area contributed by atoms with Gasteiger partial charge in [-0.3, -0.25) is 9.13 Å². The van der Waals surface area contributed by atoms with Gasteiger partial charge in [-0.25, -0.2) is 4.79 Å². The highest BCUT2D eigenvalue weighted by atomic mass is 31.2. The molecule has 0 amide bonds. The normalized spacial score (nSPS) is 14.7. The summed E-state index contributed by atoms with van der Waals surface area (Å²) in [5, 5.41) is 9.45. The van der Waals surface area contributed by atoms with Crippen LogP contribution in [0.2, 0.25) is 0 Å². The first-order valence-electron chi connectivity index (χ1n) is 7.84. The summed E-state index contributed by atoms with van der Waals surface area (Å²) in [6, 6.07) is 10.7. The minimum absolute atomic E-state index is 0.0189. The van der Waals surface area contributed by atoms with Crippen molar-refractivity contribution in [3.8, 4) is 0 Å². The van der Waals surface area contributed by atoms with Gasteiger partial charge in [-0.2, -0.15) is 4.98 Å². The number of aliphatic hydroxyl groups is 1. The summed E-state index contributed by atoms with van der Waals surface area (Å²) in [7, 11) is -2.25. The van der Waals surface area contributed by atoms with Crippen molar-refractivity contribution < 1.29 is 23.5 Å². The third kappa shape index (κ3) is 6.05. The van der Waals surface area contributed by atoms with E-state index in [2.05, 4.69) is 4.98 Å². The van der Waals surface area contributed by atoms with Crippen LogP contribution in [0, 0.1) is 0 Å². The van der Waals surface area contributed by atoms with Crippen molar-refractivity contribution in [3.63, 3.8) is 0 Å². The largest absolute Gasteiger partial charge is 0.394 e. The number of nitrogens with zero attached hydrogens (tertiary/aromatic N) is 2. The minimum Gasteiger partial charge on any atom is -0.394 e. The molecule has 9 nitrogen and oxygen atoms in total. The van der Waals surface area contributed by atoms with Gasteiger partial charge in [0.25, 0.3) is 0 Å². The Hall–Kier alpha value is -2.03. The lowest BCUT2D eigenvalue weighted by molar-refractivity contribution is 0.0151. The standard InChI is InChI=1S/C16H22N3O6P/c1-23-26(22,25-11-13-5-3-2-4-6-13)12-24-14(10-20)9-19-8-7-15(17)18-16(19)21/h2-8,14,20H,9-12H2,1H3,(H2,17,18,21). The molecular formula is C16H22N3O6P. The highest BCUT2D eigenvalue weighted by Crippen LogP contribution is 2.48. The molecule has 1 aromatic heterocycles. The Labute approximate surface area is 150 Å². The number of aromatic nitrogens is 2. The molecule has 0 bridgehead atoms. The minimum atomic E-state index is -3.51. The maximum absolute atomic E-state index is 12.6. The maximum atomic E-state index is 12.6. The highest BCUT2D eigenvalue weighted by molar-refractivity contribution is 7.53. The number of nitrogen functional groups attached to an aromatic ring is 1. The fourth-order valence-corrected chi connectivity index (χ4v) is 3.07. The van der Waals surface area contributed by atoms with Crippen LogP contribution in [0.3, 0.4) is 0 Å². The van der Waals surface area contributed by atoms with Crippen LogP contribution in [0.4, 0.5) is 5.82 Å². The van der Waals surface area contributed by atoms with Crippen molar-refractivity contribution in [1.29, 1.82) is 0 Å². The predicted octanol–water partition coefficient (Wildman–Crippen LogP) is 1.22. The molecule has 0 saturated heterocycles. The molecule has 2 atom stereocenters. The third-order valence-corrected chi connectivity index (χ3v) is 5.06. The summed E-state index contributed by atoms with van der Waals surface area (Å²) in [6.07, 6.45) is 0.291. The Kier molecular flexibility index (Phi) is 7.50. The Morgan fingerprint density at radius 2 is 2.04 bits per heavy atom. The molecular weight excluding hydrogens is 361 g/mol. The van der Waals surface area contributed by atoms with E-state index in [9.17, 15) is 14.5 Å². The highest BCUT2D eigenvalue weighted by Gasteiger charge is 2.26. The molecule has 2 unspecified atom stereocenters. The van der Waals surface area contributed by atoms with Crippen LogP contribution in [-0.2, 0) is 31.5 Å². The second-order valence-electron chi connectivity index (χ2n) is 5.44. The number of benzene rings is 1. The number of rotatable bonds is 10. The monoisotopic (exact) mass is 383 g/mol. The van der Waals surface area contributed by atoms with E-state index in [1.807, 2.05) is 30.3 Å². The van der Waals surface area contributed by atoms with Gasteiger partial charge < -0.3 is 24.6 Å². The van der Waals surface area contributed by atoms with Crippen molar-refractivity contribution in [2.24, 2.45) is 0 Å². The van der Waals surface area contributed by atoms with E-state index < -0.39 is 19.4 Å². The van der Waals surface area contributed by atoms with Crippen LogP contribution < -0.4 is 11.4 Å². The summed E-state index contributed by atoms with van der Waals surface area (Å²) in [5.41, 5.74) is 5.70. The number of hydrogen-bond acceptors (Lipinski definition) is 8. The molecule has 1 aromatic carbocycles. The van der Waals surface area contributed by atoms with E-state index in [0.29, 0.717) is 0 Å². The first-order chi connectivity index (χ1) is 12.5. The Morgan fingerprint density at radius 1 is 1.31 bits per heavy atom. The van der Waals surface area contributed by atoms with Crippen molar-refractivity contribution in [3.05, 3.63) is 58.6 Å². The first kappa shape index (κ1) is 20.3. The van der Waals surface area contributed by atoms with Gasteiger partial charge in [0.2, 0.25) is 0 Å². The van der Waals surface area contributed by atoms with E-state index in [4.69, 9.17) is 19.5 Å². The number of anilines is 1. The van der Waals surface area contributed by atoms with Gasteiger partial charge in [-0.15, -0.1) is 0 Å². The Bertz CT molecular complexity index is 798. The molecule has 142 valence electrons. The van der Waals surface area contributed by atoms with Crippen LogP contribution in [-0.4, -0.2) is 40.8 Å². The summed E-state index contributed by atoms with van der Waals surface area (Å²) in [6.45, 7) is -0.273. The Morgan fingerprint density at radius 3 is 2.65 bits per heavy atom. The third-order valence-electron chi connectivity index (χ3n) is 3.52. The summed E-state index contributed by atoms with van der Waals surface area (Å²) >= 11 is 0. The van der Waals surface area contributed by atoms with E-state index in [0.717, 1.165) is 5.56 Å². The van der Waals surface area contributed by atoms with Crippen molar-refractivity contribution >= 4 is 13.4 Å². The smallest absolute Gasteiger partial charge is 0.356 e. The van der Waals surface area contributed by atoms with Crippen LogP contribution >= 0.6 is 7.60 Å². The second kappa shape index (κ2) is 9.61. The van der Waals surface area contributed by atoms with Crippen LogP contribution in [0.5, 0.6) is 0 Å². The van der Waals surface area contributed by atoms with Crippen LogP contribution in [0.15, 0.2) is 47.4 Å². The lowest BCUT2D eigenvalue weighted by atomic mass is 10.2. The Balaban J connectivity index is 1.93. The average molecular weight is 383 g/mol. The van der Waals surface area contributed by atoms with Gasteiger partial charge in [0.15, 0.2) is 0 Å². The molecule has 1 heterocycles. The molecule has 2 rings (SSSR count). The summed E-state index contributed by atoms with van der Waals surface area (Å²) < 4.78 is 29.6. The molecule has 0 fully saturated rings. The van der Waals surface area contributed by atoms with Gasteiger partial charge >= 0.3 is 13.3 Å². The second-order valence-corrected chi connectivity index (χ2v) is 7.54. The van der Waals surface area contributed by atoms with Crippen LogP contribution in [0.1, 0.15) is 5.56 Å². The molecule has 0 aliphatic carbocycles. The van der Waals surface area contributed by atoms with Crippen molar-refractivity contribution in [2.45, 2.75) is 19.3 Å².